The summed E-state index contributed by atoms with van der Waals surface area (Å²) < 4.78 is 27.7. The van der Waals surface area contributed by atoms with Gasteiger partial charge in [0, 0.05) is 24.0 Å². The van der Waals surface area contributed by atoms with Crippen LogP contribution in [-0.4, -0.2) is 39.5 Å². The van der Waals surface area contributed by atoms with Crippen molar-refractivity contribution < 1.29 is 18.3 Å². The van der Waals surface area contributed by atoms with Gasteiger partial charge in [0.05, 0.1) is 12.4 Å². The van der Waals surface area contributed by atoms with Crippen LogP contribution in [0.4, 0.5) is 0 Å². The fourth-order valence-corrected chi connectivity index (χ4v) is 2.76. The highest BCUT2D eigenvalue weighted by atomic mass is 32.2. The number of aromatic amines is 1. The zero-order valence-corrected chi connectivity index (χ0v) is 11.3. The molecule has 2 rings (SSSR count). The maximum Gasteiger partial charge on any atom is 0.325 e. The topological polar surface area (TPSA) is 130 Å². The minimum Gasteiger partial charge on any atom is -0.480 e. The van der Waals surface area contributed by atoms with Crippen molar-refractivity contribution in [2.24, 2.45) is 0 Å². The monoisotopic (exact) mass is 299 g/mol. The zero-order chi connectivity index (χ0) is 14.8. The number of carboxylic acids is 1. The van der Waals surface area contributed by atoms with E-state index in [1.807, 2.05) is 0 Å². The molecule has 2 aromatic rings. The fraction of sp³-hybridized carbons (Fsp3) is 0.300. The molecule has 0 aliphatic rings. The molecule has 0 aliphatic carbocycles. The van der Waals surface area contributed by atoms with E-state index in [2.05, 4.69) is 20.0 Å². The lowest BCUT2D eigenvalue weighted by Gasteiger charge is -2.11. The Morgan fingerprint density at radius 3 is 2.90 bits per heavy atom. The van der Waals surface area contributed by atoms with Crippen molar-refractivity contribution >= 4 is 16.0 Å². The number of sulfonamides is 1. The van der Waals surface area contributed by atoms with Crippen molar-refractivity contribution in [2.45, 2.75) is 24.4 Å². The first-order valence-corrected chi connectivity index (χ1v) is 7.12. The highest BCUT2D eigenvalue weighted by Crippen LogP contribution is 2.15. The number of aromatic nitrogens is 4. The van der Waals surface area contributed by atoms with E-state index in [1.165, 1.54) is 12.4 Å². The molecule has 0 spiro atoms. The maximum absolute atomic E-state index is 12.1. The average Bonchev–Trinajstić information content (AvgIpc) is 2.97. The minimum atomic E-state index is -3.77. The van der Waals surface area contributed by atoms with Gasteiger partial charge in [0.15, 0.2) is 0 Å². The molecule has 0 bridgehead atoms. The first-order valence-electron chi connectivity index (χ1n) is 5.64. The molecule has 9 nitrogen and oxygen atoms in total. The average molecular weight is 299 g/mol. The molecule has 2 aromatic heterocycles. The Balaban J connectivity index is 2.14. The van der Waals surface area contributed by atoms with E-state index in [0.717, 1.165) is 10.9 Å². The number of carbonyl (C=O) groups is 1. The third kappa shape index (κ3) is 3.22. The summed E-state index contributed by atoms with van der Waals surface area (Å²) in [6.45, 7) is 1.27. The number of hydrogen-bond donors (Lipinski definition) is 3. The van der Waals surface area contributed by atoms with Crippen LogP contribution in [-0.2, 0) is 21.4 Å². The number of carboxylic acid groups (broad SMARTS) is 1. The zero-order valence-electron chi connectivity index (χ0n) is 10.5. The van der Waals surface area contributed by atoms with Gasteiger partial charge in [-0.25, -0.2) is 13.1 Å². The van der Waals surface area contributed by atoms with Crippen molar-refractivity contribution in [2.75, 3.05) is 0 Å². The Labute approximate surface area is 114 Å². The molecule has 0 amide bonds. The maximum atomic E-state index is 12.1. The quantitative estimate of drug-likeness (QED) is 0.673. The Kier molecular flexibility index (Phi) is 3.86. The minimum absolute atomic E-state index is 0.0888. The number of nitrogens with one attached hydrogen (secondary N) is 2. The van der Waals surface area contributed by atoms with Gasteiger partial charge < -0.3 is 5.11 Å². The largest absolute Gasteiger partial charge is 0.480 e. The SMILES string of the molecule is CC(NS(=O)(=O)c1cnn(CC(=O)O)c1)c1cn[nH]c1. The molecule has 0 saturated heterocycles. The first-order chi connectivity index (χ1) is 9.38. The predicted octanol–water partition coefficient (Wildman–Crippen LogP) is -0.270. The van der Waals surface area contributed by atoms with Gasteiger partial charge in [-0.3, -0.25) is 14.6 Å². The molecule has 0 aliphatic heterocycles. The van der Waals surface area contributed by atoms with Crippen LogP contribution in [0, 0.1) is 0 Å². The molecule has 108 valence electrons. The van der Waals surface area contributed by atoms with Crippen LogP contribution in [0.2, 0.25) is 0 Å². The van der Waals surface area contributed by atoms with Crippen LogP contribution in [0.3, 0.4) is 0 Å². The highest BCUT2D eigenvalue weighted by Gasteiger charge is 2.21. The van der Waals surface area contributed by atoms with Crippen LogP contribution in [0.25, 0.3) is 0 Å². The molecular formula is C10H13N5O4S. The Morgan fingerprint density at radius 1 is 1.55 bits per heavy atom. The second-order valence-electron chi connectivity index (χ2n) is 4.14. The number of hydrogen-bond acceptors (Lipinski definition) is 5. The van der Waals surface area contributed by atoms with E-state index >= 15 is 0 Å². The second-order valence-corrected chi connectivity index (χ2v) is 5.86. The standard InChI is InChI=1S/C10H13N5O4S/c1-7(8-2-11-12-3-8)14-20(18,19)9-4-13-15(5-9)6-10(16)17/h2-5,7,14H,6H2,1H3,(H,11,12)(H,16,17). The third-order valence-corrected chi connectivity index (χ3v) is 4.06. The summed E-state index contributed by atoms with van der Waals surface area (Å²) in [4.78, 5) is 10.4. The molecule has 10 heteroatoms. The molecule has 1 atom stereocenters. The van der Waals surface area contributed by atoms with Gasteiger partial charge in [-0.05, 0) is 6.92 Å². The van der Waals surface area contributed by atoms with E-state index in [4.69, 9.17) is 5.11 Å². The van der Waals surface area contributed by atoms with Gasteiger partial charge >= 0.3 is 5.97 Å². The van der Waals surface area contributed by atoms with Crippen LogP contribution >= 0.6 is 0 Å². The first kappa shape index (κ1) is 14.2. The lowest BCUT2D eigenvalue weighted by molar-refractivity contribution is -0.137. The molecule has 0 radical (unpaired) electrons. The van der Waals surface area contributed by atoms with Gasteiger partial charge in [-0.15, -0.1) is 0 Å². The predicted molar refractivity (Wildman–Crippen MR) is 67.2 cm³/mol. The van der Waals surface area contributed by atoms with Gasteiger partial charge in [0.2, 0.25) is 10.0 Å². The number of H-pyrrole nitrogens is 1. The van der Waals surface area contributed by atoms with Gasteiger partial charge in [-0.2, -0.15) is 10.2 Å². The van der Waals surface area contributed by atoms with Gasteiger partial charge in [0.1, 0.15) is 11.4 Å². The van der Waals surface area contributed by atoms with Crippen LogP contribution in [0.1, 0.15) is 18.5 Å². The van der Waals surface area contributed by atoms with Gasteiger partial charge in [0.25, 0.3) is 0 Å². The van der Waals surface area contributed by atoms with E-state index in [0.29, 0.717) is 5.56 Å². The number of rotatable bonds is 6. The summed E-state index contributed by atoms with van der Waals surface area (Å²) in [7, 11) is -3.77. The van der Waals surface area contributed by atoms with Crippen LogP contribution < -0.4 is 4.72 Å². The van der Waals surface area contributed by atoms with E-state index in [1.54, 1.807) is 13.1 Å². The summed E-state index contributed by atoms with van der Waals surface area (Å²) in [6, 6.07) is -0.471. The summed E-state index contributed by atoms with van der Waals surface area (Å²) in [5.41, 5.74) is 0.687. The normalized spacial score (nSPS) is 13.2. The van der Waals surface area contributed by atoms with Crippen molar-refractivity contribution in [1.82, 2.24) is 24.7 Å². The van der Waals surface area contributed by atoms with Gasteiger partial charge in [-0.1, -0.05) is 0 Å². The number of nitrogens with zero attached hydrogens (tertiary/aromatic N) is 3. The van der Waals surface area contributed by atoms with E-state index in [-0.39, 0.29) is 4.90 Å². The van der Waals surface area contributed by atoms with Crippen LogP contribution in [0.15, 0.2) is 29.7 Å². The fourth-order valence-electron chi connectivity index (χ4n) is 1.57. The van der Waals surface area contributed by atoms with Crippen molar-refractivity contribution in [3.05, 3.63) is 30.4 Å². The summed E-state index contributed by atoms with van der Waals surface area (Å²) in [5, 5.41) is 18.6. The van der Waals surface area contributed by atoms with Crippen molar-refractivity contribution in [1.29, 1.82) is 0 Å². The molecule has 0 saturated carbocycles. The van der Waals surface area contributed by atoms with Crippen LogP contribution in [0.5, 0.6) is 0 Å². The van der Waals surface area contributed by atoms with E-state index < -0.39 is 28.6 Å². The summed E-state index contributed by atoms with van der Waals surface area (Å²) in [6.07, 6.45) is 5.37. The lowest BCUT2D eigenvalue weighted by Crippen LogP contribution is -2.26. The third-order valence-electron chi connectivity index (χ3n) is 2.57. The van der Waals surface area contributed by atoms with Crippen molar-refractivity contribution in [3.63, 3.8) is 0 Å². The smallest absolute Gasteiger partial charge is 0.325 e. The molecular weight excluding hydrogens is 286 g/mol. The van der Waals surface area contributed by atoms with E-state index in [9.17, 15) is 13.2 Å². The highest BCUT2D eigenvalue weighted by molar-refractivity contribution is 7.89. The molecule has 3 N–H and O–H groups in total. The summed E-state index contributed by atoms with van der Waals surface area (Å²) >= 11 is 0. The summed E-state index contributed by atoms with van der Waals surface area (Å²) in [5.74, 6) is -1.10. The molecule has 0 fully saturated rings. The molecule has 2 heterocycles. The Hall–Kier alpha value is -2.20. The number of aliphatic carboxylic acids is 1. The molecule has 0 aromatic carbocycles. The molecule has 1 unspecified atom stereocenters. The molecule has 20 heavy (non-hydrogen) atoms. The Morgan fingerprint density at radius 2 is 2.30 bits per heavy atom. The lowest BCUT2D eigenvalue weighted by atomic mass is 10.2. The van der Waals surface area contributed by atoms with Crippen molar-refractivity contribution in [3.8, 4) is 0 Å². The second kappa shape index (κ2) is 5.43. The Bertz CT molecular complexity index is 691.